The molecular weight excluding hydrogens is 266 g/mol. The van der Waals surface area contributed by atoms with E-state index in [-0.39, 0.29) is 22.8 Å². The molecular formula is C17H25NOS. The first-order valence-electron chi connectivity index (χ1n) is 7.27. The second kappa shape index (κ2) is 5.44. The van der Waals surface area contributed by atoms with Gasteiger partial charge >= 0.3 is 0 Å². The fourth-order valence-electron chi connectivity index (χ4n) is 3.88. The third kappa shape index (κ3) is 3.78. The van der Waals surface area contributed by atoms with Gasteiger partial charge in [-0.2, -0.15) is 0 Å². The molecule has 110 valence electrons. The van der Waals surface area contributed by atoms with Crippen molar-refractivity contribution in [2.75, 3.05) is 0 Å². The summed E-state index contributed by atoms with van der Waals surface area (Å²) in [5.41, 5.74) is 1.22. The van der Waals surface area contributed by atoms with Gasteiger partial charge in [-0.15, -0.1) is 12.6 Å². The molecule has 1 aromatic rings. The minimum absolute atomic E-state index is 0.00546. The van der Waals surface area contributed by atoms with Crippen molar-refractivity contribution in [3.05, 3.63) is 29.8 Å². The Bertz CT molecular complexity index is 491. The van der Waals surface area contributed by atoms with Crippen LogP contribution in [0.15, 0.2) is 29.2 Å². The quantitative estimate of drug-likeness (QED) is 0.781. The zero-order valence-corrected chi connectivity index (χ0v) is 13.8. The Balaban J connectivity index is 2.10. The van der Waals surface area contributed by atoms with Crippen LogP contribution in [0.3, 0.4) is 0 Å². The molecule has 2 nitrogen and oxygen atoms in total. The first kappa shape index (κ1) is 15.4. The molecule has 0 heterocycles. The number of hydrogen-bond donors (Lipinski definition) is 2. The van der Waals surface area contributed by atoms with Crippen molar-refractivity contribution in [2.45, 2.75) is 57.9 Å². The fourth-order valence-corrected chi connectivity index (χ4v) is 4.14. The van der Waals surface area contributed by atoms with E-state index < -0.39 is 0 Å². The van der Waals surface area contributed by atoms with Crippen molar-refractivity contribution in [1.82, 2.24) is 5.32 Å². The number of amides is 1. The average Bonchev–Trinajstić information content (AvgIpc) is 2.24. The number of nitrogens with one attached hydrogen (secondary N) is 1. The Hall–Kier alpha value is -0.960. The van der Waals surface area contributed by atoms with E-state index in [0.29, 0.717) is 5.56 Å². The van der Waals surface area contributed by atoms with E-state index in [4.69, 9.17) is 0 Å². The minimum atomic E-state index is -0.00546. The van der Waals surface area contributed by atoms with Gasteiger partial charge in [-0.25, -0.2) is 0 Å². The summed E-state index contributed by atoms with van der Waals surface area (Å²) in [6.45, 7) is 9.17. The molecule has 3 heteroatoms. The summed E-state index contributed by atoms with van der Waals surface area (Å²) in [5.74, 6) is -0.00546. The van der Waals surface area contributed by atoms with Crippen LogP contribution >= 0.6 is 12.6 Å². The highest BCUT2D eigenvalue weighted by atomic mass is 32.1. The largest absolute Gasteiger partial charge is 0.349 e. The summed E-state index contributed by atoms with van der Waals surface area (Å²) in [7, 11) is 0. The SMILES string of the molecule is CC1(C)CC(NC(=O)c2ccccc2S)CC(C)(C)C1. The number of benzene rings is 1. The summed E-state index contributed by atoms with van der Waals surface area (Å²) < 4.78 is 0. The Morgan fingerprint density at radius 2 is 1.70 bits per heavy atom. The monoisotopic (exact) mass is 291 g/mol. The molecule has 20 heavy (non-hydrogen) atoms. The predicted molar refractivity (Wildman–Crippen MR) is 86.4 cm³/mol. The van der Waals surface area contributed by atoms with Gasteiger partial charge in [0.15, 0.2) is 0 Å². The first-order chi connectivity index (χ1) is 9.19. The van der Waals surface area contributed by atoms with Crippen molar-refractivity contribution < 1.29 is 4.79 Å². The van der Waals surface area contributed by atoms with E-state index in [9.17, 15) is 4.79 Å². The lowest BCUT2D eigenvalue weighted by molar-refractivity contribution is 0.0712. The van der Waals surface area contributed by atoms with Crippen molar-refractivity contribution in [3.8, 4) is 0 Å². The van der Waals surface area contributed by atoms with Crippen LogP contribution in [0, 0.1) is 10.8 Å². The molecule has 0 unspecified atom stereocenters. The Kier molecular flexibility index (Phi) is 4.19. The van der Waals surface area contributed by atoms with Gasteiger partial charge in [-0.1, -0.05) is 39.8 Å². The molecule has 0 aliphatic heterocycles. The first-order valence-corrected chi connectivity index (χ1v) is 7.72. The van der Waals surface area contributed by atoms with Gasteiger partial charge in [-0.3, -0.25) is 4.79 Å². The zero-order valence-electron chi connectivity index (χ0n) is 12.9. The van der Waals surface area contributed by atoms with Crippen LogP contribution in [0.2, 0.25) is 0 Å². The van der Waals surface area contributed by atoms with E-state index in [1.54, 1.807) is 0 Å². The Morgan fingerprint density at radius 1 is 1.15 bits per heavy atom. The highest BCUT2D eigenvalue weighted by molar-refractivity contribution is 7.80. The van der Waals surface area contributed by atoms with Crippen molar-refractivity contribution in [2.24, 2.45) is 10.8 Å². The fraction of sp³-hybridized carbons (Fsp3) is 0.588. The molecule has 0 spiro atoms. The molecule has 0 atom stereocenters. The van der Waals surface area contributed by atoms with Gasteiger partial charge in [0.25, 0.3) is 5.91 Å². The van der Waals surface area contributed by atoms with E-state index in [1.807, 2.05) is 24.3 Å². The van der Waals surface area contributed by atoms with Crippen LogP contribution in [0.4, 0.5) is 0 Å². The molecule has 0 radical (unpaired) electrons. The molecule has 1 aliphatic carbocycles. The smallest absolute Gasteiger partial charge is 0.252 e. The summed E-state index contributed by atoms with van der Waals surface area (Å²) in [4.78, 5) is 13.1. The second-order valence-electron chi connectivity index (χ2n) is 7.60. The minimum Gasteiger partial charge on any atom is -0.349 e. The lowest BCUT2D eigenvalue weighted by atomic mass is 9.63. The van der Waals surface area contributed by atoms with Crippen LogP contribution < -0.4 is 5.32 Å². The number of carbonyl (C=O) groups excluding carboxylic acids is 1. The lowest BCUT2D eigenvalue weighted by Gasteiger charge is -2.45. The Labute approximate surface area is 127 Å². The van der Waals surface area contributed by atoms with Crippen LogP contribution in [0.5, 0.6) is 0 Å². The molecule has 1 N–H and O–H groups in total. The molecule has 1 amide bonds. The van der Waals surface area contributed by atoms with Crippen LogP contribution in [-0.2, 0) is 0 Å². The zero-order chi connectivity index (χ0) is 15.0. The van der Waals surface area contributed by atoms with Crippen LogP contribution in [0.25, 0.3) is 0 Å². The predicted octanol–water partition coefficient (Wildman–Crippen LogP) is 4.31. The van der Waals surface area contributed by atoms with E-state index >= 15 is 0 Å². The third-order valence-electron chi connectivity index (χ3n) is 4.04. The highest BCUT2D eigenvalue weighted by Gasteiger charge is 2.38. The van der Waals surface area contributed by atoms with Gasteiger partial charge in [0, 0.05) is 10.9 Å². The highest BCUT2D eigenvalue weighted by Crippen LogP contribution is 2.45. The van der Waals surface area contributed by atoms with E-state index in [2.05, 4.69) is 45.6 Å². The summed E-state index contributed by atoms with van der Waals surface area (Å²) in [6.07, 6.45) is 3.28. The normalized spacial score (nSPS) is 21.4. The standard InChI is InChI=1S/C17H25NOS/c1-16(2)9-12(10-17(3,4)11-16)18-15(19)13-7-5-6-8-14(13)20/h5-8,12,20H,9-11H2,1-4H3,(H,18,19). The lowest BCUT2D eigenvalue weighted by Crippen LogP contribution is -2.46. The van der Waals surface area contributed by atoms with Gasteiger partial charge in [0.2, 0.25) is 0 Å². The summed E-state index contributed by atoms with van der Waals surface area (Å²) in [5, 5.41) is 3.20. The van der Waals surface area contributed by atoms with Gasteiger partial charge < -0.3 is 5.32 Å². The Morgan fingerprint density at radius 3 is 2.25 bits per heavy atom. The maximum atomic E-state index is 12.4. The maximum Gasteiger partial charge on any atom is 0.252 e. The molecule has 0 bridgehead atoms. The number of hydrogen-bond acceptors (Lipinski definition) is 2. The number of carbonyl (C=O) groups is 1. The molecule has 1 aliphatic rings. The molecule has 1 fully saturated rings. The van der Waals surface area contributed by atoms with Gasteiger partial charge in [0.05, 0.1) is 5.56 Å². The van der Waals surface area contributed by atoms with Crippen molar-refractivity contribution in [3.63, 3.8) is 0 Å². The molecule has 2 rings (SSSR count). The molecule has 1 saturated carbocycles. The number of thiol groups is 1. The van der Waals surface area contributed by atoms with E-state index in [1.165, 1.54) is 6.42 Å². The van der Waals surface area contributed by atoms with Crippen LogP contribution in [0.1, 0.15) is 57.3 Å². The second-order valence-corrected chi connectivity index (χ2v) is 8.08. The van der Waals surface area contributed by atoms with Crippen molar-refractivity contribution in [1.29, 1.82) is 0 Å². The van der Waals surface area contributed by atoms with Crippen LogP contribution in [-0.4, -0.2) is 11.9 Å². The van der Waals surface area contributed by atoms with E-state index in [0.717, 1.165) is 17.7 Å². The van der Waals surface area contributed by atoms with Gasteiger partial charge in [0.1, 0.15) is 0 Å². The average molecular weight is 291 g/mol. The molecule has 0 aromatic heterocycles. The third-order valence-corrected chi connectivity index (χ3v) is 4.43. The number of rotatable bonds is 2. The molecule has 0 saturated heterocycles. The topological polar surface area (TPSA) is 29.1 Å². The maximum absolute atomic E-state index is 12.4. The molecule has 1 aromatic carbocycles. The summed E-state index contributed by atoms with van der Waals surface area (Å²) >= 11 is 4.36. The van der Waals surface area contributed by atoms with Crippen molar-refractivity contribution >= 4 is 18.5 Å². The van der Waals surface area contributed by atoms with Gasteiger partial charge in [-0.05, 0) is 42.2 Å². The summed E-state index contributed by atoms with van der Waals surface area (Å²) in [6, 6.07) is 7.70.